The van der Waals surface area contributed by atoms with E-state index in [0.29, 0.717) is 6.42 Å². The molecule has 0 spiro atoms. The van der Waals surface area contributed by atoms with Gasteiger partial charge in [0, 0.05) is 6.42 Å². The molecule has 0 saturated carbocycles. The number of allylic oxidation sites excluding steroid dienone is 1. The second kappa shape index (κ2) is 4.95. The third kappa shape index (κ3) is 3.21. The first kappa shape index (κ1) is 9.12. The Hall–Kier alpha value is -0.880. The molecule has 0 amide bonds. The van der Waals surface area contributed by atoms with Crippen LogP contribution in [0.3, 0.4) is 0 Å². The van der Waals surface area contributed by atoms with Crippen LogP contribution in [0.1, 0.15) is 33.1 Å². The fourth-order valence-corrected chi connectivity index (χ4v) is 0.582. The van der Waals surface area contributed by atoms with E-state index in [9.17, 15) is 9.59 Å². The monoisotopic (exact) mass is 140 g/mol. The van der Waals surface area contributed by atoms with Crippen LogP contribution < -0.4 is 0 Å². The molecule has 0 aromatic carbocycles. The number of rotatable bonds is 4. The molecule has 0 aliphatic rings. The van der Waals surface area contributed by atoms with Crippen LogP contribution in [0.5, 0.6) is 0 Å². The fraction of sp³-hybridized carbons (Fsp3) is 0.625. The highest BCUT2D eigenvalue weighted by atomic mass is 16.1. The van der Waals surface area contributed by atoms with Crippen molar-refractivity contribution in [1.29, 1.82) is 0 Å². The van der Waals surface area contributed by atoms with Crippen LogP contribution in [-0.2, 0) is 9.59 Å². The second-order valence-electron chi connectivity index (χ2n) is 2.25. The molecule has 0 aromatic heterocycles. The van der Waals surface area contributed by atoms with Crippen LogP contribution in [0.2, 0.25) is 0 Å². The molecule has 0 N–H and O–H groups in total. The molecule has 56 valence electrons. The molecule has 0 fully saturated rings. The standard InChI is InChI=1S/C8H12O2/c1-3-4-5-8(10)7(2)6-9/h3-5H2,1-2H3. The molecule has 0 heterocycles. The number of carbonyl (C=O) groups excluding carboxylic acids is 2. The normalized spacial score (nSPS) is 8.60. The summed E-state index contributed by atoms with van der Waals surface area (Å²) in [5.41, 5.74) is 0.216. The Balaban J connectivity index is 3.75. The average Bonchev–Trinajstić information content (AvgIpc) is 1.98. The van der Waals surface area contributed by atoms with Crippen LogP contribution in [0.25, 0.3) is 0 Å². The Morgan fingerprint density at radius 2 is 2.10 bits per heavy atom. The molecule has 0 bridgehead atoms. The summed E-state index contributed by atoms with van der Waals surface area (Å²) in [6, 6.07) is 0. The second-order valence-corrected chi connectivity index (χ2v) is 2.25. The van der Waals surface area contributed by atoms with Crippen molar-refractivity contribution < 1.29 is 9.59 Å². The number of Topliss-reactive ketones (excluding diaryl/α,β-unsaturated/α-hetero) is 1. The molecule has 0 radical (unpaired) electrons. The zero-order valence-corrected chi connectivity index (χ0v) is 6.44. The first-order chi connectivity index (χ1) is 4.72. The first-order valence-corrected chi connectivity index (χ1v) is 3.47. The summed E-state index contributed by atoms with van der Waals surface area (Å²) in [4.78, 5) is 20.8. The quantitative estimate of drug-likeness (QED) is 0.438. The lowest BCUT2D eigenvalue weighted by Crippen LogP contribution is -1.98. The van der Waals surface area contributed by atoms with Gasteiger partial charge in [0.05, 0.1) is 5.57 Å². The minimum Gasteiger partial charge on any atom is -0.294 e. The summed E-state index contributed by atoms with van der Waals surface area (Å²) in [6.45, 7) is 3.51. The van der Waals surface area contributed by atoms with E-state index >= 15 is 0 Å². The van der Waals surface area contributed by atoms with E-state index in [2.05, 4.69) is 0 Å². The smallest absolute Gasteiger partial charge is 0.169 e. The molecular formula is C8H12O2. The highest BCUT2D eigenvalue weighted by Gasteiger charge is 2.02. The lowest BCUT2D eigenvalue weighted by Gasteiger charge is -1.93. The van der Waals surface area contributed by atoms with Gasteiger partial charge >= 0.3 is 0 Å². The van der Waals surface area contributed by atoms with Gasteiger partial charge in [0.15, 0.2) is 5.78 Å². The maximum absolute atomic E-state index is 10.8. The average molecular weight is 140 g/mol. The maximum atomic E-state index is 10.8. The van der Waals surface area contributed by atoms with Crippen LogP contribution in [0, 0.1) is 0 Å². The Kier molecular flexibility index (Phi) is 4.51. The van der Waals surface area contributed by atoms with Crippen LogP contribution in [0.15, 0.2) is 5.57 Å². The molecule has 0 aliphatic heterocycles. The Morgan fingerprint density at radius 1 is 1.50 bits per heavy atom. The summed E-state index contributed by atoms with van der Waals surface area (Å²) in [5, 5.41) is 0. The summed E-state index contributed by atoms with van der Waals surface area (Å²) in [7, 11) is 0. The predicted molar refractivity (Wildman–Crippen MR) is 39.4 cm³/mol. The Bertz CT molecular complexity index is 164. The zero-order chi connectivity index (χ0) is 7.98. The molecule has 2 nitrogen and oxygen atoms in total. The SMILES string of the molecule is CCCCC(=O)C(C)=C=O. The van der Waals surface area contributed by atoms with Crippen molar-refractivity contribution in [3.8, 4) is 0 Å². The van der Waals surface area contributed by atoms with Gasteiger partial charge in [-0.3, -0.25) is 4.79 Å². The number of ketones is 1. The van der Waals surface area contributed by atoms with Gasteiger partial charge in [0.25, 0.3) is 0 Å². The molecule has 0 aliphatic carbocycles. The molecule has 10 heavy (non-hydrogen) atoms. The molecule has 0 unspecified atom stereocenters. The number of unbranched alkanes of at least 4 members (excludes halogenated alkanes) is 1. The number of carbonyl (C=O) groups is 1. The summed E-state index contributed by atoms with van der Waals surface area (Å²) >= 11 is 0. The lowest BCUT2D eigenvalue weighted by atomic mass is 10.1. The van der Waals surface area contributed by atoms with Crippen molar-refractivity contribution >= 4 is 11.7 Å². The van der Waals surface area contributed by atoms with Gasteiger partial charge in [0.2, 0.25) is 0 Å². The summed E-state index contributed by atoms with van der Waals surface area (Å²) in [6.07, 6.45) is 2.33. The van der Waals surface area contributed by atoms with E-state index in [1.807, 2.05) is 6.92 Å². The van der Waals surface area contributed by atoms with Gasteiger partial charge < -0.3 is 0 Å². The predicted octanol–water partition coefficient (Wildman–Crippen LogP) is 1.52. The van der Waals surface area contributed by atoms with Crippen LogP contribution in [-0.4, -0.2) is 11.7 Å². The van der Waals surface area contributed by atoms with E-state index in [1.165, 1.54) is 6.92 Å². The number of hydrogen-bond acceptors (Lipinski definition) is 2. The van der Waals surface area contributed by atoms with Gasteiger partial charge in [-0.05, 0) is 13.3 Å². The van der Waals surface area contributed by atoms with Crippen molar-refractivity contribution in [1.82, 2.24) is 0 Å². The summed E-state index contributed by atoms with van der Waals surface area (Å²) < 4.78 is 0. The van der Waals surface area contributed by atoms with Crippen molar-refractivity contribution in [3.63, 3.8) is 0 Å². The molecule has 0 saturated heterocycles. The third-order valence-corrected chi connectivity index (χ3v) is 1.33. The van der Waals surface area contributed by atoms with Crippen molar-refractivity contribution in [2.75, 3.05) is 0 Å². The van der Waals surface area contributed by atoms with Crippen LogP contribution >= 0.6 is 0 Å². The maximum Gasteiger partial charge on any atom is 0.169 e. The van der Waals surface area contributed by atoms with Gasteiger partial charge in [0.1, 0.15) is 5.94 Å². The minimum atomic E-state index is -0.0724. The highest BCUT2D eigenvalue weighted by Crippen LogP contribution is 2.00. The Labute approximate surface area is 60.9 Å². The van der Waals surface area contributed by atoms with E-state index in [4.69, 9.17) is 0 Å². The van der Waals surface area contributed by atoms with E-state index in [-0.39, 0.29) is 11.4 Å². The van der Waals surface area contributed by atoms with E-state index in [1.54, 1.807) is 5.94 Å². The van der Waals surface area contributed by atoms with Gasteiger partial charge in [-0.25, -0.2) is 4.79 Å². The van der Waals surface area contributed by atoms with Crippen molar-refractivity contribution in [2.24, 2.45) is 0 Å². The highest BCUT2D eigenvalue weighted by molar-refractivity contribution is 6.01. The lowest BCUT2D eigenvalue weighted by molar-refractivity contribution is -0.115. The van der Waals surface area contributed by atoms with E-state index in [0.717, 1.165) is 12.8 Å². The molecular weight excluding hydrogens is 128 g/mol. The van der Waals surface area contributed by atoms with Crippen molar-refractivity contribution in [3.05, 3.63) is 5.57 Å². The molecule has 0 atom stereocenters. The largest absolute Gasteiger partial charge is 0.294 e. The summed E-state index contributed by atoms with van der Waals surface area (Å²) in [5.74, 6) is 1.52. The first-order valence-electron chi connectivity index (χ1n) is 3.47. The Morgan fingerprint density at radius 3 is 2.50 bits per heavy atom. The third-order valence-electron chi connectivity index (χ3n) is 1.33. The molecule has 2 heteroatoms. The van der Waals surface area contributed by atoms with E-state index < -0.39 is 0 Å². The zero-order valence-electron chi connectivity index (χ0n) is 6.44. The van der Waals surface area contributed by atoms with Gasteiger partial charge in [-0.15, -0.1) is 0 Å². The van der Waals surface area contributed by atoms with Crippen LogP contribution in [0.4, 0.5) is 0 Å². The van der Waals surface area contributed by atoms with Gasteiger partial charge in [-0.2, -0.15) is 0 Å². The number of hydrogen-bond donors (Lipinski definition) is 0. The molecule has 0 rings (SSSR count). The fourth-order valence-electron chi connectivity index (χ4n) is 0.582. The molecule has 0 aromatic rings. The van der Waals surface area contributed by atoms with Crippen molar-refractivity contribution in [2.45, 2.75) is 33.1 Å². The minimum absolute atomic E-state index is 0.0724. The van der Waals surface area contributed by atoms with Gasteiger partial charge in [-0.1, -0.05) is 13.3 Å². The topological polar surface area (TPSA) is 34.1 Å².